The Hall–Kier alpha value is -1.06. The molecule has 96 valence electrons. The highest BCUT2D eigenvalue weighted by Gasteiger charge is 2.07. The summed E-state index contributed by atoms with van der Waals surface area (Å²) < 4.78 is 11.0. The molecule has 1 aromatic rings. The summed E-state index contributed by atoms with van der Waals surface area (Å²) in [7, 11) is 1.65. The Morgan fingerprint density at radius 1 is 1.35 bits per heavy atom. The second kappa shape index (κ2) is 7.30. The van der Waals surface area contributed by atoms with Crippen molar-refractivity contribution in [1.29, 1.82) is 0 Å². The van der Waals surface area contributed by atoms with Crippen LogP contribution in [0.4, 0.5) is 0 Å². The molecule has 3 nitrogen and oxygen atoms in total. The molecule has 0 saturated carbocycles. The van der Waals surface area contributed by atoms with Gasteiger partial charge in [0.05, 0.1) is 26.4 Å². The Morgan fingerprint density at radius 3 is 2.71 bits per heavy atom. The van der Waals surface area contributed by atoms with Crippen LogP contribution in [0.3, 0.4) is 0 Å². The fourth-order valence-electron chi connectivity index (χ4n) is 1.76. The first-order chi connectivity index (χ1) is 8.21. The average Bonchev–Trinajstić information content (AvgIpc) is 2.36. The van der Waals surface area contributed by atoms with Gasteiger partial charge in [-0.05, 0) is 31.0 Å². The highest BCUT2D eigenvalue weighted by molar-refractivity contribution is 5.36. The number of aliphatic hydroxyl groups excluding tert-OH is 1. The number of ether oxygens (including phenoxy) is 2. The van der Waals surface area contributed by atoms with E-state index in [1.165, 1.54) is 0 Å². The molecule has 1 aromatic carbocycles. The normalized spacial score (nSPS) is 12.5. The topological polar surface area (TPSA) is 38.7 Å². The summed E-state index contributed by atoms with van der Waals surface area (Å²) in [6.45, 7) is 4.79. The van der Waals surface area contributed by atoms with Gasteiger partial charge in [-0.15, -0.1) is 0 Å². The van der Waals surface area contributed by atoms with Crippen LogP contribution in [0.1, 0.15) is 37.8 Å². The average molecular weight is 238 g/mol. The summed E-state index contributed by atoms with van der Waals surface area (Å²) in [6.07, 6.45) is 2.43. The van der Waals surface area contributed by atoms with Crippen molar-refractivity contribution in [2.75, 3.05) is 7.11 Å². The van der Waals surface area contributed by atoms with Crippen LogP contribution < -0.4 is 4.74 Å². The van der Waals surface area contributed by atoms with Crippen LogP contribution >= 0.6 is 0 Å². The van der Waals surface area contributed by atoms with Gasteiger partial charge in [0.15, 0.2) is 0 Å². The number of hydrogen-bond acceptors (Lipinski definition) is 3. The van der Waals surface area contributed by atoms with E-state index in [0.717, 1.165) is 29.7 Å². The molecule has 0 aliphatic rings. The molecule has 0 bridgehead atoms. The third-order valence-corrected chi connectivity index (χ3v) is 2.75. The fraction of sp³-hybridized carbons (Fsp3) is 0.571. The number of hydrogen-bond donors (Lipinski definition) is 1. The zero-order chi connectivity index (χ0) is 12.7. The summed E-state index contributed by atoms with van der Waals surface area (Å²) >= 11 is 0. The van der Waals surface area contributed by atoms with E-state index in [2.05, 4.69) is 13.8 Å². The molecule has 0 radical (unpaired) electrons. The van der Waals surface area contributed by atoms with E-state index in [-0.39, 0.29) is 12.7 Å². The molecule has 3 heteroatoms. The Labute approximate surface area is 103 Å². The third-order valence-electron chi connectivity index (χ3n) is 2.75. The quantitative estimate of drug-likeness (QED) is 0.793. The van der Waals surface area contributed by atoms with Gasteiger partial charge in [-0.3, -0.25) is 0 Å². The van der Waals surface area contributed by atoms with Crippen molar-refractivity contribution in [3.05, 3.63) is 29.3 Å². The maximum absolute atomic E-state index is 9.11. The standard InChI is InChI=1S/C14H22O3/c1-4-5-11(2)17-10-13-8-12(9-15)6-7-14(13)16-3/h6-8,11,15H,4-5,9-10H2,1-3H3. The van der Waals surface area contributed by atoms with Crippen molar-refractivity contribution in [1.82, 2.24) is 0 Å². The van der Waals surface area contributed by atoms with Crippen molar-refractivity contribution in [2.24, 2.45) is 0 Å². The van der Waals surface area contributed by atoms with Crippen molar-refractivity contribution >= 4 is 0 Å². The SMILES string of the molecule is CCCC(C)OCc1cc(CO)ccc1OC. The third kappa shape index (κ3) is 4.36. The molecule has 1 N–H and O–H groups in total. The molecule has 0 amide bonds. The summed E-state index contributed by atoms with van der Waals surface area (Å²) in [6, 6.07) is 5.66. The molecule has 0 fully saturated rings. The molecule has 17 heavy (non-hydrogen) atoms. The molecule has 0 aromatic heterocycles. The first-order valence-electron chi connectivity index (χ1n) is 6.09. The Kier molecular flexibility index (Phi) is 6.01. The van der Waals surface area contributed by atoms with Gasteiger partial charge in [-0.25, -0.2) is 0 Å². The zero-order valence-electron chi connectivity index (χ0n) is 10.9. The zero-order valence-corrected chi connectivity index (χ0v) is 10.9. The Morgan fingerprint density at radius 2 is 2.12 bits per heavy atom. The lowest BCUT2D eigenvalue weighted by molar-refractivity contribution is 0.0460. The van der Waals surface area contributed by atoms with Crippen molar-refractivity contribution in [3.63, 3.8) is 0 Å². The minimum absolute atomic E-state index is 0.0432. The van der Waals surface area contributed by atoms with E-state index in [4.69, 9.17) is 14.6 Å². The summed E-state index contributed by atoms with van der Waals surface area (Å²) in [5.74, 6) is 0.811. The molecule has 0 aliphatic heterocycles. The lowest BCUT2D eigenvalue weighted by Gasteiger charge is -2.14. The van der Waals surface area contributed by atoms with Gasteiger partial charge in [0.2, 0.25) is 0 Å². The largest absolute Gasteiger partial charge is 0.496 e. The maximum atomic E-state index is 9.11. The Bertz CT molecular complexity index is 336. The van der Waals surface area contributed by atoms with Crippen LogP contribution in [0.2, 0.25) is 0 Å². The van der Waals surface area contributed by atoms with E-state index in [9.17, 15) is 0 Å². The lowest BCUT2D eigenvalue weighted by atomic mass is 10.1. The van der Waals surface area contributed by atoms with E-state index in [0.29, 0.717) is 6.61 Å². The fourth-order valence-corrected chi connectivity index (χ4v) is 1.76. The van der Waals surface area contributed by atoms with E-state index >= 15 is 0 Å². The molecule has 1 unspecified atom stereocenters. The highest BCUT2D eigenvalue weighted by Crippen LogP contribution is 2.21. The second-order valence-electron chi connectivity index (χ2n) is 4.21. The molecular formula is C14H22O3. The second-order valence-corrected chi connectivity index (χ2v) is 4.21. The smallest absolute Gasteiger partial charge is 0.124 e. The minimum Gasteiger partial charge on any atom is -0.496 e. The molecule has 0 spiro atoms. The van der Waals surface area contributed by atoms with Crippen molar-refractivity contribution in [3.8, 4) is 5.75 Å². The first kappa shape index (κ1) is 14.0. The van der Waals surface area contributed by atoms with Crippen LogP contribution in [0.5, 0.6) is 5.75 Å². The summed E-state index contributed by atoms with van der Waals surface area (Å²) in [5.41, 5.74) is 1.87. The molecular weight excluding hydrogens is 216 g/mol. The van der Waals surface area contributed by atoms with Gasteiger partial charge < -0.3 is 14.6 Å². The maximum Gasteiger partial charge on any atom is 0.124 e. The predicted octanol–water partition coefficient (Wildman–Crippen LogP) is 2.89. The van der Waals surface area contributed by atoms with Gasteiger partial charge in [0, 0.05) is 5.56 Å². The summed E-state index contributed by atoms with van der Waals surface area (Å²) in [4.78, 5) is 0. The number of rotatable bonds is 7. The molecule has 0 saturated heterocycles. The van der Waals surface area contributed by atoms with E-state index in [1.807, 2.05) is 18.2 Å². The lowest BCUT2D eigenvalue weighted by Crippen LogP contribution is -2.08. The van der Waals surface area contributed by atoms with Gasteiger partial charge >= 0.3 is 0 Å². The van der Waals surface area contributed by atoms with Crippen LogP contribution in [0.15, 0.2) is 18.2 Å². The van der Waals surface area contributed by atoms with Crippen LogP contribution in [0.25, 0.3) is 0 Å². The monoisotopic (exact) mass is 238 g/mol. The van der Waals surface area contributed by atoms with Crippen LogP contribution in [0, 0.1) is 0 Å². The highest BCUT2D eigenvalue weighted by atomic mass is 16.5. The van der Waals surface area contributed by atoms with Crippen molar-refractivity contribution in [2.45, 2.75) is 46.0 Å². The van der Waals surface area contributed by atoms with Gasteiger partial charge in [0.25, 0.3) is 0 Å². The number of benzene rings is 1. The summed E-state index contributed by atoms with van der Waals surface area (Å²) in [5, 5.41) is 9.11. The Balaban J connectivity index is 2.67. The van der Waals surface area contributed by atoms with Crippen LogP contribution in [-0.4, -0.2) is 18.3 Å². The van der Waals surface area contributed by atoms with Gasteiger partial charge in [-0.2, -0.15) is 0 Å². The molecule has 1 atom stereocenters. The molecule has 1 rings (SSSR count). The number of methoxy groups -OCH3 is 1. The van der Waals surface area contributed by atoms with E-state index in [1.54, 1.807) is 7.11 Å². The van der Waals surface area contributed by atoms with Crippen molar-refractivity contribution < 1.29 is 14.6 Å². The molecule has 0 aliphatic carbocycles. The number of aliphatic hydroxyl groups is 1. The minimum atomic E-state index is 0.0432. The van der Waals surface area contributed by atoms with E-state index < -0.39 is 0 Å². The molecule has 0 heterocycles. The van der Waals surface area contributed by atoms with Crippen LogP contribution in [-0.2, 0) is 18.0 Å². The first-order valence-corrected chi connectivity index (χ1v) is 6.09. The van der Waals surface area contributed by atoms with Gasteiger partial charge in [0.1, 0.15) is 5.75 Å². The van der Waals surface area contributed by atoms with Gasteiger partial charge in [-0.1, -0.05) is 19.4 Å². The predicted molar refractivity (Wildman–Crippen MR) is 68.1 cm³/mol.